The Morgan fingerprint density at radius 1 is 1.03 bits per heavy atom. The Kier molecular flexibility index (Phi) is 6.88. The van der Waals surface area contributed by atoms with Crippen molar-refractivity contribution in [3.8, 4) is 5.75 Å². The van der Waals surface area contributed by atoms with Crippen molar-refractivity contribution in [1.82, 2.24) is 9.29 Å². The van der Waals surface area contributed by atoms with Gasteiger partial charge >= 0.3 is 6.36 Å². The summed E-state index contributed by atoms with van der Waals surface area (Å²) in [6, 6.07) is 10.6. The van der Waals surface area contributed by atoms with Crippen LogP contribution < -0.4 is 9.64 Å². The van der Waals surface area contributed by atoms with Gasteiger partial charge in [-0.2, -0.15) is 4.31 Å². The minimum atomic E-state index is -4.83. The highest BCUT2D eigenvalue weighted by Crippen LogP contribution is 2.28. The minimum Gasteiger partial charge on any atom is -0.406 e. The van der Waals surface area contributed by atoms with Crippen LogP contribution in [0.2, 0.25) is 0 Å². The maximum absolute atomic E-state index is 12.9. The van der Waals surface area contributed by atoms with E-state index < -0.39 is 22.1 Å². The first-order valence-corrected chi connectivity index (χ1v) is 12.9. The van der Waals surface area contributed by atoms with Crippen LogP contribution in [0.15, 0.2) is 52.7 Å². The molecule has 0 aliphatic carbocycles. The Morgan fingerprint density at radius 3 is 2.35 bits per heavy atom. The summed E-state index contributed by atoms with van der Waals surface area (Å²) in [7, 11) is -3.82. The number of halogens is 3. The van der Waals surface area contributed by atoms with Crippen LogP contribution >= 0.6 is 11.3 Å². The van der Waals surface area contributed by atoms with Crippen LogP contribution in [0.25, 0.3) is 0 Å². The van der Waals surface area contributed by atoms with E-state index in [4.69, 9.17) is 4.98 Å². The van der Waals surface area contributed by atoms with Crippen molar-refractivity contribution in [3.63, 3.8) is 0 Å². The lowest BCUT2D eigenvalue weighted by atomic mass is 10.0. The third-order valence-electron chi connectivity index (χ3n) is 5.62. The molecule has 4 rings (SSSR count). The highest BCUT2D eigenvalue weighted by atomic mass is 32.2. The first kappa shape index (κ1) is 24.5. The van der Waals surface area contributed by atoms with Gasteiger partial charge < -0.3 is 9.64 Å². The Labute approximate surface area is 200 Å². The van der Waals surface area contributed by atoms with E-state index in [2.05, 4.69) is 41.7 Å². The van der Waals surface area contributed by atoms with Crippen molar-refractivity contribution < 1.29 is 26.3 Å². The van der Waals surface area contributed by atoms with Crippen molar-refractivity contribution in [1.29, 1.82) is 0 Å². The maximum atomic E-state index is 12.9. The zero-order valence-electron chi connectivity index (χ0n) is 18.7. The number of hydrogen-bond donors (Lipinski definition) is 0. The van der Waals surface area contributed by atoms with Crippen LogP contribution in [-0.2, 0) is 16.4 Å². The third-order valence-corrected chi connectivity index (χ3v) is 8.48. The predicted octanol–water partition coefficient (Wildman–Crippen LogP) is 4.76. The van der Waals surface area contributed by atoms with E-state index in [0.717, 1.165) is 41.5 Å². The summed E-state index contributed by atoms with van der Waals surface area (Å²) >= 11 is 1.54. The fourth-order valence-corrected chi connectivity index (χ4v) is 6.09. The molecule has 0 radical (unpaired) electrons. The van der Waals surface area contributed by atoms with E-state index in [-0.39, 0.29) is 18.0 Å². The molecule has 1 aliphatic rings. The zero-order chi connectivity index (χ0) is 24.5. The van der Waals surface area contributed by atoms with Crippen LogP contribution in [0.5, 0.6) is 5.75 Å². The van der Waals surface area contributed by atoms with Gasteiger partial charge in [0.1, 0.15) is 5.75 Å². The number of hydrogen-bond acceptors (Lipinski definition) is 6. The summed E-state index contributed by atoms with van der Waals surface area (Å²) in [5.74, 6) is -0.461. The van der Waals surface area contributed by atoms with Crippen LogP contribution in [-0.4, -0.2) is 50.2 Å². The molecule has 0 N–H and O–H groups in total. The van der Waals surface area contributed by atoms with Gasteiger partial charge in [-0.1, -0.05) is 23.8 Å². The molecular formula is C23H24F3N3O3S2. The molecule has 0 spiro atoms. The maximum Gasteiger partial charge on any atom is 0.573 e. The molecule has 0 amide bonds. The van der Waals surface area contributed by atoms with E-state index in [1.54, 1.807) is 0 Å². The number of ether oxygens (including phenoxy) is 1. The van der Waals surface area contributed by atoms with Gasteiger partial charge in [-0.3, -0.25) is 0 Å². The molecule has 34 heavy (non-hydrogen) atoms. The number of aromatic nitrogens is 1. The number of nitrogens with zero attached hydrogens (tertiary/aromatic N) is 3. The summed E-state index contributed by atoms with van der Waals surface area (Å²) in [5, 5.41) is 2.89. The zero-order valence-corrected chi connectivity index (χ0v) is 20.3. The molecular weight excluding hydrogens is 487 g/mol. The molecule has 1 aromatic heterocycles. The van der Waals surface area contributed by atoms with Gasteiger partial charge in [0.2, 0.25) is 10.0 Å². The Morgan fingerprint density at radius 2 is 1.71 bits per heavy atom. The second-order valence-corrected chi connectivity index (χ2v) is 10.9. The normalized spacial score (nSPS) is 15.5. The summed E-state index contributed by atoms with van der Waals surface area (Å²) < 4.78 is 68.0. The molecule has 182 valence electrons. The SMILES string of the molecule is Cc1ccc(C)c(Cc2csc(N3CCN(S(=O)(=O)c4ccc(OC(F)(F)F)cc4)CC3)n2)c1. The lowest BCUT2D eigenvalue weighted by molar-refractivity contribution is -0.274. The van der Waals surface area contributed by atoms with Crippen molar-refractivity contribution in [3.05, 3.63) is 70.2 Å². The monoisotopic (exact) mass is 511 g/mol. The number of anilines is 1. The van der Waals surface area contributed by atoms with Gasteiger partial charge in [-0.25, -0.2) is 13.4 Å². The molecule has 0 atom stereocenters. The van der Waals surface area contributed by atoms with E-state index in [1.165, 1.54) is 32.3 Å². The predicted molar refractivity (Wildman–Crippen MR) is 125 cm³/mol. The van der Waals surface area contributed by atoms with Crippen molar-refractivity contribution in [2.24, 2.45) is 0 Å². The van der Waals surface area contributed by atoms with Crippen molar-refractivity contribution >= 4 is 26.5 Å². The van der Waals surface area contributed by atoms with Crippen LogP contribution in [0.3, 0.4) is 0 Å². The fourth-order valence-electron chi connectivity index (χ4n) is 3.79. The quantitative estimate of drug-likeness (QED) is 0.478. The molecule has 0 saturated carbocycles. The van der Waals surface area contributed by atoms with E-state index in [0.29, 0.717) is 13.1 Å². The number of thiazole rings is 1. The molecule has 0 unspecified atom stereocenters. The molecule has 3 aromatic rings. The standard InChI is InChI=1S/C23H24F3N3O3S2/c1-16-3-4-17(2)18(13-16)14-19-15-33-22(27-19)28-9-11-29(12-10-28)34(30,31)21-7-5-20(6-8-21)32-23(24,25)26/h3-8,13,15H,9-12,14H2,1-2H3. The molecule has 11 heteroatoms. The molecule has 1 fully saturated rings. The highest BCUT2D eigenvalue weighted by Gasteiger charge is 2.32. The van der Waals surface area contributed by atoms with Gasteiger partial charge in [0.15, 0.2) is 5.13 Å². The Hall–Kier alpha value is -2.63. The molecule has 2 heterocycles. The molecule has 0 bridgehead atoms. The Bertz CT molecular complexity index is 1250. The first-order valence-electron chi connectivity index (χ1n) is 10.6. The Balaban J connectivity index is 1.38. The number of piperazine rings is 1. The number of sulfonamides is 1. The van der Waals surface area contributed by atoms with Gasteiger partial charge in [-0.05, 0) is 49.2 Å². The number of alkyl halides is 3. The van der Waals surface area contributed by atoms with E-state index in [1.807, 2.05) is 5.38 Å². The minimum absolute atomic E-state index is 0.0690. The van der Waals surface area contributed by atoms with Crippen LogP contribution in [0, 0.1) is 13.8 Å². The van der Waals surface area contributed by atoms with E-state index >= 15 is 0 Å². The third kappa shape index (κ3) is 5.70. The summed E-state index contributed by atoms with van der Waals surface area (Å²) in [4.78, 5) is 6.75. The first-order chi connectivity index (χ1) is 16.0. The second-order valence-electron chi connectivity index (χ2n) is 8.14. The summed E-state index contributed by atoms with van der Waals surface area (Å²) in [6.07, 6.45) is -4.09. The molecule has 6 nitrogen and oxygen atoms in total. The van der Waals surface area contributed by atoms with Gasteiger partial charge in [0, 0.05) is 38.0 Å². The van der Waals surface area contributed by atoms with Gasteiger partial charge in [0.25, 0.3) is 0 Å². The van der Waals surface area contributed by atoms with E-state index in [9.17, 15) is 21.6 Å². The lowest BCUT2D eigenvalue weighted by Gasteiger charge is -2.33. The summed E-state index contributed by atoms with van der Waals surface area (Å²) in [5.41, 5.74) is 4.64. The van der Waals surface area contributed by atoms with Crippen molar-refractivity contribution in [2.45, 2.75) is 31.5 Å². The van der Waals surface area contributed by atoms with Gasteiger partial charge in [-0.15, -0.1) is 24.5 Å². The average molecular weight is 512 g/mol. The topological polar surface area (TPSA) is 62.7 Å². The van der Waals surface area contributed by atoms with Crippen molar-refractivity contribution in [2.75, 3.05) is 31.1 Å². The average Bonchev–Trinajstić information content (AvgIpc) is 3.24. The highest BCUT2D eigenvalue weighted by molar-refractivity contribution is 7.89. The fraction of sp³-hybridized carbons (Fsp3) is 0.348. The summed E-state index contributed by atoms with van der Waals surface area (Å²) in [6.45, 7) is 5.62. The molecule has 1 saturated heterocycles. The molecule has 1 aliphatic heterocycles. The lowest BCUT2D eigenvalue weighted by Crippen LogP contribution is -2.48. The van der Waals surface area contributed by atoms with Crippen LogP contribution in [0.1, 0.15) is 22.4 Å². The number of rotatable bonds is 6. The smallest absolute Gasteiger partial charge is 0.406 e. The second kappa shape index (κ2) is 9.55. The van der Waals surface area contributed by atoms with Gasteiger partial charge in [0.05, 0.1) is 10.6 Å². The largest absolute Gasteiger partial charge is 0.573 e. The van der Waals surface area contributed by atoms with Crippen LogP contribution in [0.4, 0.5) is 18.3 Å². The number of aryl methyl sites for hydroxylation is 2. The molecule has 2 aromatic carbocycles. The number of benzene rings is 2.